The summed E-state index contributed by atoms with van der Waals surface area (Å²) in [7, 11) is 2.63. The molecule has 1 unspecified atom stereocenters. The lowest BCUT2D eigenvalue weighted by Crippen LogP contribution is -2.26. The van der Waals surface area contributed by atoms with Gasteiger partial charge in [0, 0.05) is 5.70 Å². The summed E-state index contributed by atoms with van der Waals surface area (Å²) in [6.45, 7) is 0. The fourth-order valence-corrected chi connectivity index (χ4v) is 1.67. The van der Waals surface area contributed by atoms with E-state index in [-0.39, 0.29) is 11.9 Å². The standard InChI is InChI=1S/C10H15NO4/c1-14-9(12)6-3-4-8(11)7(5-6)10(13)15-2/h6H,3-5,11H2,1-2H3. The molecule has 1 rings (SSSR count). The van der Waals surface area contributed by atoms with Crippen molar-refractivity contribution in [3.8, 4) is 0 Å². The molecular weight excluding hydrogens is 198 g/mol. The fourth-order valence-electron chi connectivity index (χ4n) is 1.67. The van der Waals surface area contributed by atoms with Gasteiger partial charge in [0.25, 0.3) is 0 Å². The largest absolute Gasteiger partial charge is 0.469 e. The molecule has 0 aromatic rings. The average molecular weight is 213 g/mol. The third-order valence-electron chi connectivity index (χ3n) is 2.57. The first-order chi connectivity index (χ1) is 7.10. The van der Waals surface area contributed by atoms with Gasteiger partial charge in [-0.05, 0) is 19.3 Å². The molecule has 0 radical (unpaired) electrons. The van der Waals surface area contributed by atoms with E-state index in [0.29, 0.717) is 30.5 Å². The first-order valence-electron chi connectivity index (χ1n) is 4.73. The number of carbonyl (C=O) groups is 2. The second kappa shape index (κ2) is 4.82. The van der Waals surface area contributed by atoms with Crippen molar-refractivity contribution >= 4 is 11.9 Å². The molecule has 1 aliphatic rings. The summed E-state index contributed by atoms with van der Waals surface area (Å²) in [5.41, 5.74) is 6.60. The molecule has 0 spiro atoms. The molecule has 0 saturated heterocycles. The van der Waals surface area contributed by atoms with E-state index in [1.54, 1.807) is 0 Å². The minimum atomic E-state index is -0.457. The van der Waals surface area contributed by atoms with Crippen molar-refractivity contribution in [2.24, 2.45) is 11.7 Å². The predicted molar refractivity (Wildman–Crippen MR) is 52.6 cm³/mol. The maximum Gasteiger partial charge on any atom is 0.335 e. The van der Waals surface area contributed by atoms with Gasteiger partial charge in [0.1, 0.15) is 0 Å². The van der Waals surface area contributed by atoms with Crippen molar-refractivity contribution in [2.75, 3.05) is 14.2 Å². The first kappa shape index (κ1) is 11.6. The highest BCUT2D eigenvalue weighted by Gasteiger charge is 2.29. The summed E-state index contributed by atoms with van der Waals surface area (Å²) in [5.74, 6) is -1.04. The Balaban J connectivity index is 2.78. The van der Waals surface area contributed by atoms with Crippen LogP contribution in [0.15, 0.2) is 11.3 Å². The van der Waals surface area contributed by atoms with Crippen molar-refractivity contribution < 1.29 is 19.1 Å². The number of esters is 2. The lowest BCUT2D eigenvalue weighted by molar-refractivity contribution is -0.146. The van der Waals surface area contributed by atoms with Crippen LogP contribution in [-0.4, -0.2) is 26.2 Å². The maximum atomic E-state index is 11.3. The lowest BCUT2D eigenvalue weighted by atomic mass is 9.87. The number of allylic oxidation sites excluding steroid dienone is 1. The Morgan fingerprint density at radius 1 is 1.33 bits per heavy atom. The zero-order valence-electron chi connectivity index (χ0n) is 8.91. The molecule has 84 valence electrons. The molecule has 1 atom stereocenters. The normalized spacial score (nSPS) is 21.1. The molecular formula is C10H15NO4. The Hall–Kier alpha value is -1.52. The van der Waals surface area contributed by atoms with Gasteiger partial charge in [-0.1, -0.05) is 0 Å². The molecule has 0 aliphatic heterocycles. The average Bonchev–Trinajstić information content (AvgIpc) is 2.27. The van der Waals surface area contributed by atoms with Crippen molar-refractivity contribution in [3.63, 3.8) is 0 Å². The monoisotopic (exact) mass is 213 g/mol. The predicted octanol–water partition coefficient (Wildman–Crippen LogP) is 0.345. The fraction of sp³-hybridized carbons (Fsp3) is 0.600. The molecule has 0 aromatic carbocycles. The van der Waals surface area contributed by atoms with Gasteiger partial charge in [-0.2, -0.15) is 0 Å². The smallest absolute Gasteiger partial charge is 0.335 e. The second-order valence-electron chi connectivity index (χ2n) is 3.46. The zero-order chi connectivity index (χ0) is 11.4. The number of rotatable bonds is 2. The van der Waals surface area contributed by atoms with Gasteiger partial charge in [0.05, 0.1) is 25.7 Å². The third-order valence-corrected chi connectivity index (χ3v) is 2.57. The van der Waals surface area contributed by atoms with Crippen molar-refractivity contribution in [1.29, 1.82) is 0 Å². The summed E-state index contributed by atoms with van der Waals surface area (Å²) in [6, 6.07) is 0. The van der Waals surface area contributed by atoms with E-state index in [1.165, 1.54) is 14.2 Å². The molecule has 15 heavy (non-hydrogen) atoms. The van der Waals surface area contributed by atoms with Gasteiger partial charge in [-0.25, -0.2) is 4.79 Å². The van der Waals surface area contributed by atoms with Crippen LogP contribution in [0.2, 0.25) is 0 Å². The topological polar surface area (TPSA) is 78.6 Å². The van der Waals surface area contributed by atoms with Crippen molar-refractivity contribution in [3.05, 3.63) is 11.3 Å². The van der Waals surface area contributed by atoms with Gasteiger partial charge < -0.3 is 15.2 Å². The molecule has 2 N–H and O–H groups in total. The Kier molecular flexibility index (Phi) is 3.71. The molecule has 0 amide bonds. The van der Waals surface area contributed by atoms with Crippen LogP contribution in [0, 0.1) is 5.92 Å². The number of carbonyl (C=O) groups excluding carboxylic acids is 2. The highest BCUT2D eigenvalue weighted by atomic mass is 16.5. The number of nitrogens with two attached hydrogens (primary N) is 1. The van der Waals surface area contributed by atoms with Crippen LogP contribution in [0.3, 0.4) is 0 Å². The van der Waals surface area contributed by atoms with Gasteiger partial charge in [-0.15, -0.1) is 0 Å². The molecule has 1 aliphatic carbocycles. The number of hydrogen-bond acceptors (Lipinski definition) is 5. The highest BCUT2D eigenvalue weighted by molar-refractivity contribution is 5.90. The maximum absolute atomic E-state index is 11.3. The zero-order valence-corrected chi connectivity index (χ0v) is 8.91. The SMILES string of the molecule is COC(=O)C1=C(N)CCC(C(=O)OC)C1. The Bertz CT molecular complexity index is 309. The van der Waals surface area contributed by atoms with Crippen LogP contribution in [0.4, 0.5) is 0 Å². The van der Waals surface area contributed by atoms with Gasteiger partial charge in [0.2, 0.25) is 0 Å². The van der Waals surface area contributed by atoms with Gasteiger partial charge >= 0.3 is 11.9 Å². The number of ether oxygens (including phenoxy) is 2. The molecule has 5 nitrogen and oxygen atoms in total. The summed E-state index contributed by atoms with van der Waals surface area (Å²) in [5, 5.41) is 0. The van der Waals surface area contributed by atoms with Crippen LogP contribution in [0.5, 0.6) is 0 Å². The van der Waals surface area contributed by atoms with Crippen LogP contribution in [-0.2, 0) is 19.1 Å². The molecule has 0 fully saturated rings. The lowest BCUT2D eigenvalue weighted by Gasteiger charge is -2.22. The van der Waals surface area contributed by atoms with Gasteiger partial charge in [0.15, 0.2) is 0 Å². The Labute approximate surface area is 88.2 Å². The quantitative estimate of drug-likeness (QED) is 0.669. The summed E-state index contributed by atoms with van der Waals surface area (Å²) in [6.07, 6.45) is 1.47. The summed E-state index contributed by atoms with van der Waals surface area (Å²) >= 11 is 0. The third kappa shape index (κ3) is 2.49. The van der Waals surface area contributed by atoms with Crippen molar-refractivity contribution in [1.82, 2.24) is 0 Å². The summed E-state index contributed by atoms with van der Waals surface area (Å²) in [4.78, 5) is 22.6. The minimum Gasteiger partial charge on any atom is -0.469 e. The first-order valence-corrected chi connectivity index (χ1v) is 4.73. The van der Waals surface area contributed by atoms with Crippen LogP contribution < -0.4 is 5.73 Å². The Morgan fingerprint density at radius 2 is 2.00 bits per heavy atom. The highest BCUT2D eigenvalue weighted by Crippen LogP contribution is 2.28. The Morgan fingerprint density at radius 3 is 2.53 bits per heavy atom. The number of hydrogen-bond donors (Lipinski definition) is 1. The van der Waals surface area contributed by atoms with Crippen LogP contribution >= 0.6 is 0 Å². The van der Waals surface area contributed by atoms with Crippen molar-refractivity contribution in [2.45, 2.75) is 19.3 Å². The molecule has 5 heteroatoms. The van der Waals surface area contributed by atoms with Crippen LogP contribution in [0.1, 0.15) is 19.3 Å². The van der Waals surface area contributed by atoms with E-state index in [2.05, 4.69) is 9.47 Å². The summed E-state index contributed by atoms with van der Waals surface area (Å²) < 4.78 is 9.23. The molecule has 0 aromatic heterocycles. The van der Waals surface area contributed by atoms with E-state index < -0.39 is 5.97 Å². The van der Waals surface area contributed by atoms with E-state index in [1.807, 2.05) is 0 Å². The van der Waals surface area contributed by atoms with Crippen LogP contribution in [0.25, 0.3) is 0 Å². The number of methoxy groups -OCH3 is 2. The molecule has 0 bridgehead atoms. The van der Waals surface area contributed by atoms with E-state index >= 15 is 0 Å². The van der Waals surface area contributed by atoms with E-state index in [0.717, 1.165) is 0 Å². The minimum absolute atomic E-state index is 0.281. The van der Waals surface area contributed by atoms with Gasteiger partial charge in [-0.3, -0.25) is 4.79 Å². The van der Waals surface area contributed by atoms with E-state index in [9.17, 15) is 9.59 Å². The second-order valence-corrected chi connectivity index (χ2v) is 3.46. The molecule has 0 saturated carbocycles. The van der Waals surface area contributed by atoms with E-state index in [4.69, 9.17) is 5.73 Å². The molecule has 0 heterocycles.